The number of benzene rings is 1. The number of methoxy groups -OCH3 is 1. The van der Waals surface area contributed by atoms with Crippen LogP contribution in [-0.4, -0.2) is 7.11 Å². The topological polar surface area (TPSA) is 33.0 Å². The van der Waals surface area contributed by atoms with Gasteiger partial charge in [-0.2, -0.15) is 5.26 Å². The van der Waals surface area contributed by atoms with Crippen molar-refractivity contribution in [1.29, 1.82) is 5.26 Å². The predicted octanol–water partition coefficient (Wildman–Crippen LogP) is 3.50. The van der Waals surface area contributed by atoms with Gasteiger partial charge < -0.3 is 4.74 Å². The molecule has 0 amide bonds. The van der Waals surface area contributed by atoms with E-state index in [0.29, 0.717) is 21.4 Å². The van der Waals surface area contributed by atoms with E-state index in [0.717, 1.165) is 0 Å². The summed E-state index contributed by atoms with van der Waals surface area (Å²) in [6.45, 7) is 0. The van der Waals surface area contributed by atoms with Gasteiger partial charge in [0.2, 0.25) is 0 Å². The minimum atomic E-state index is 0.387. The summed E-state index contributed by atoms with van der Waals surface area (Å²) in [4.78, 5) is 0. The van der Waals surface area contributed by atoms with Gasteiger partial charge in [0.05, 0.1) is 29.3 Å². The highest BCUT2D eigenvalue weighted by molar-refractivity contribution is 6.43. The quantitative estimate of drug-likeness (QED) is 0.573. The lowest BCUT2D eigenvalue weighted by molar-refractivity contribution is 0.370. The highest BCUT2D eigenvalue weighted by Gasteiger charge is 2.08. The third kappa shape index (κ3) is 2.20. The summed E-state index contributed by atoms with van der Waals surface area (Å²) in [7, 11) is 1.47. The number of ether oxygens (including phenoxy) is 1. The molecule has 4 heteroatoms. The van der Waals surface area contributed by atoms with Gasteiger partial charge in [0.25, 0.3) is 0 Å². The first-order chi connectivity index (χ1) is 6.70. The molecule has 0 spiro atoms. The molecular weight excluding hydrogens is 221 g/mol. The Morgan fingerprint density at radius 1 is 1.50 bits per heavy atom. The maximum atomic E-state index is 8.51. The summed E-state index contributed by atoms with van der Waals surface area (Å²) < 4.78 is 5.01. The molecule has 1 rings (SSSR count). The van der Waals surface area contributed by atoms with Gasteiger partial charge in [-0.15, -0.1) is 0 Å². The summed E-state index contributed by atoms with van der Waals surface area (Å²) in [6.07, 6.45) is 1.28. The van der Waals surface area contributed by atoms with E-state index in [2.05, 4.69) is 0 Å². The fourth-order valence-electron chi connectivity index (χ4n) is 0.999. The maximum Gasteiger partial charge on any atom is 0.138 e. The summed E-state index contributed by atoms with van der Waals surface area (Å²) in [5.41, 5.74) is 0.614. The van der Waals surface area contributed by atoms with Gasteiger partial charge in [-0.3, -0.25) is 0 Å². The lowest BCUT2D eigenvalue weighted by Crippen LogP contribution is -1.88. The molecule has 0 unspecified atom stereocenters. The van der Waals surface area contributed by atoms with Crippen LogP contribution in [-0.2, 0) is 4.74 Å². The molecule has 0 aromatic heterocycles. The second-order valence-electron chi connectivity index (χ2n) is 2.44. The van der Waals surface area contributed by atoms with Crippen LogP contribution < -0.4 is 0 Å². The average molecular weight is 228 g/mol. The van der Waals surface area contributed by atoms with E-state index in [1.165, 1.54) is 13.2 Å². The Labute approximate surface area is 92.3 Å². The van der Waals surface area contributed by atoms with Crippen LogP contribution in [0.25, 0.3) is 5.76 Å². The Morgan fingerprint density at radius 3 is 2.79 bits per heavy atom. The van der Waals surface area contributed by atoms with Crippen molar-refractivity contribution >= 4 is 29.0 Å². The van der Waals surface area contributed by atoms with Crippen LogP contribution in [0.5, 0.6) is 0 Å². The van der Waals surface area contributed by atoms with E-state index < -0.39 is 0 Å². The summed E-state index contributed by atoms with van der Waals surface area (Å²) in [5, 5.41) is 9.33. The first-order valence-electron chi connectivity index (χ1n) is 3.79. The highest BCUT2D eigenvalue weighted by Crippen LogP contribution is 2.30. The molecule has 0 bridgehead atoms. The molecule has 0 aliphatic carbocycles. The molecule has 0 N–H and O–H groups in total. The largest absolute Gasteiger partial charge is 0.495 e. The van der Waals surface area contributed by atoms with Gasteiger partial charge in [-0.1, -0.05) is 29.3 Å². The number of rotatable bonds is 2. The number of halogens is 2. The zero-order valence-corrected chi connectivity index (χ0v) is 8.93. The molecule has 0 radical (unpaired) electrons. The van der Waals surface area contributed by atoms with Gasteiger partial charge in [-0.05, 0) is 12.1 Å². The summed E-state index contributed by atoms with van der Waals surface area (Å²) in [5.74, 6) is 0.403. The number of nitriles is 1. The van der Waals surface area contributed by atoms with Crippen molar-refractivity contribution < 1.29 is 4.74 Å². The van der Waals surface area contributed by atoms with Crippen molar-refractivity contribution in [3.05, 3.63) is 39.9 Å². The van der Waals surface area contributed by atoms with Crippen molar-refractivity contribution in [2.24, 2.45) is 0 Å². The lowest BCUT2D eigenvalue weighted by Gasteiger charge is -2.07. The van der Waals surface area contributed by atoms with Crippen LogP contribution in [0.15, 0.2) is 24.3 Å². The Kier molecular flexibility index (Phi) is 3.82. The SMILES string of the molecule is CO/C(=C\C#N)c1cccc(Cl)c1Cl. The lowest BCUT2D eigenvalue weighted by atomic mass is 10.2. The molecule has 0 atom stereocenters. The Hall–Kier alpha value is -1.17. The van der Waals surface area contributed by atoms with Gasteiger partial charge in [0, 0.05) is 5.56 Å². The number of hydrogen-bond acceptors (Lipinski definition) is 2. The smallest absolute Gasteiger partial charge is 0.138 e. The molecule has 1 aromatic carbocycles. The minimum Gasteiger partial charge on any atom is -0.495 e. The molecule has 0 fully saturated rings. The van der Waals surface area contributed by atoms with Crippen LogP contribution in [0.2, 0.25) is 10.0 Å². The Bertz CT molecular complexity index is 407. The van der Waals surface area contributed by atoms with Crippen molar-refractivity contribution in [2.75, 3.05) is 7.11 Å². The fraction of sp³-hybridized carbons (Fsp3) is 0.100. The van der Waals surface area contributed by atoms with Crippen molar-refractivity contribution in [1.82, 2.24) is 0 Å². The second-order valence-corrected chi connectivity index (χ2v) is 3.23. The van der Waals surface area contributed by atoms with Crippen LogP contribution in [0.4, 0.5) is 0 Å². The van der Waals surface area contributed by atoms with Gasteiger partial charge in [0.1, 0.15) is 5.76 Å². The van der Waals surface area contributed by atoms with Crippen LogP contribution in [0.1, 0.15) is 5.56 Å². The van der Waals surface area contributed by atoms with E-state index in [1.54, 1.807) is 18.2 Å². The summed E-state index contributed by atoms with van der Waals surface area (Å²) >= 11 is 11.8. The standard InChI is InChI=1S/C10H7Cl2NO/c1-14-9(5-6-13)7-3-2-4-8(11)10(7)12/h2-5H,1H3/b9-5-. The molecule has 72 valence electrons. The van der Waals surface area contributed by atoms with E-state index in [9.17, 15) is 0 Å². The van der Waals surface area contributed by atoms with E-state index in [4.69, 9.17) is 33.2 Å². The van der Waals surface area contributed by atoms with Gasteiger partial charge in [-0.25, -0.2) is 0 Å². The number of nitrogens with zero attached hydrogens (tertiary/aromatic N) is 1. The predicted molar refractivity (Wildman–Crippen MR) is 57.1 cm³/mol. The van der Waals surface area contributed by atoms with Crippen LogP contribution in [0.3, 0.4) is 0 Å². The number of allylic oxidation sites excluding steroid dienone is 1. The van der Waals surface area contributed by atoms with Crippen molar-refractivity contribution in [3.8, 4) is 6.07 Å². The fourth-order valence-corrected chi connectivity index (χ4v) is 1.39. The molecule has 0 heterocycles. The molecular formula is C10H7Cl2NO. The summed E-state index contributed by atoms with van der Waals surface area (Å²) in [6, 6.07) is 7.03. The van der Waals surface area contributed by atoms with Crippen LogP contribution >= 0.6 is 23.2 Å². The monoisotopic (exact) mass is 227 g/mol. The van der Waals surface area contributed by atoms with Gasteiger partial charge in [0.15, 0.2) is 0 Å². The van der Waals surface area contributed by atoms with E-state index >= 15 is 0 Å². The minimum absolute atomic E-state index is 0.387. The zero-order valence-electron chi connectivity index (χ0n) is 7.42. The van der Waals surface area contributed by atoms with Crippen molar-refractivity contribution in [2.45, 2.75) is 0 Å². The van der Waals surface area contributed by atoms with Gasteiger partial charge >= 0.3 is 0 Å². The third-order valence-electron chi connectivity index (χ3n) is 1.63. The number of hydrogen-bond donors (Lipinski definition) is 0. The maximum absolute atomic E-state index is 8.51. The molecule has 0 aliphatic rings. The van der Waals surface area contributed by atoms with Crippen LogP contribution in [0, 0.1) is 11.3 Å². The third-order valence-corrected chi connectivity index (χ3v) is 2.45. The highest BCUT2D eigenvalue weighted by atomic mass is 35.5. The van der Waals surface area contributed by atoms with Crippen molar-refractivity contribution in [3.63, 3.8) is 0 Å². The second kappa shape index (κ2) is 4.90. The molecule has 0 saturated carbocycles. The first-order valence-corrected chi connectivity index (χ1v) is 4.54. The first kappa shape index (κ1) is 10.9. The van der Waals surface area contributed by atoms with E-state index in [-0.39, 0.29) is 0 Å². The Balaban J connectivity index is 3.26. The average Bonchev–Trinajstić information content (AvgIpc) is 2.19. The molecule has 0 aliphatic heterocycles. The molecule has 1 aromatic rings. The Morgan fingerprint density at radius 2 is 2.21 bits per heavy atom. The zero-order chi connectivity index (χ0) is 10.6. The molecule has 14 heavy (non-hydrogen) atoms. The molecule has 2 nitrogen and oxygen atoms in total. The normalized spacial score (nSPS) is 10.9. The van der Waals surface area contributed by atoms with E-state index in [1.807, 2.05) is 6.07 Å². The molecule has 0 saturated heterocycles.